The third-order valence-corrected chi connectivity index (χ3v) is 7.95. The second-order valence-electron chi connectivity index (χ2n) is 11.7. The summed E-state index contributed by atoms with van der Waals surface area (Å²) in [5.74, 6) is -1.20. The Morgan fingerprint density at radius 1 is 1.05 bits per heavy atom. The number of aryl methyl sites for hydroxylation is 2. The topological polar surface area (TPSA) is 103 Å². The highest BCUT2D eigenvalue weighted by Crippen LogP contribution is 2.42. The van der Waals surface area contributed by atoms with E-state index in [9.17, 15) is 19.1 Å². The first-order valence-electron chi connectivity index (χ1n) is 13.1. The zero-order valence-electron chi connectivity index (χ0n) is 23.4. The van der Waals surface area contributed by atoms with Crippen molar-refractivity contribution in [3.05, 3.63) is 69.6 Å². The molecule has 0 bridgehead atoms. The average Bonchev–Trinajstić information content (AvgIpc) is 3.14. The third-order valence-electron chi connectivity index (χ3n) is 7.65. The predicted molar refractivity (Wildman–Crippen MR) is 151 cm³/mol. The fraction of sp³-hybridized carbons (Fsp3) is 0.414. The smallest absolute Gasteiger partial charge is 0.339 e. The summed E-state index contributed by atoms with van der Waals surface area (Å²) in [5.41, 5.74) is 2.44. The molecule has 0 spiro atoms. The number of hydrogen-bond donors (Lipinski definition) is 1. The van der Waals surface area contributed by atoms with Gasteiger partial charge in [-0.1, -0.05) is 25.4 Å². The molecule has 3 aromatic rings. The number of carbonyl (C=O) groups is 2. The lowest BCUT2D eigenvalue weighted by molar-refractivity contribution is 0.0505. The molecular weight excluding hydrogens is 535 g/mol. The SMILES string of the molecule is Cc1cc(N2CCN(C(=O)c3cnc4c(n3)C(C)(C)CN4c3ccc(Cl)c(F)c3)C(C)(C)C2)c(C(=O)O)c(C)n1. The minimum absolute atomic E-state index is 0.0468. The highest BCUT2D eigenvalue weighted by molar-refractivity contribution is 6.30. The van der Waals surface area contributed by atoms with E-state index in [1.165, 1.54) is 18.3 Å². The Morgan fingerprint density at radius 3 is 2.42 bits per heavy atom. The molecular formula is C29H32ClFN6O3. The van der Waals surface area contributed by atoms with E-state index in [1.54, 1.807) is 24.0 Å². The summed E-state index contributed by atoms with van der Waals surface area (Å²) in [5, 5.41) is 9.90. The Morgan fingerprint density at radius 2 is 1.77 bits per heavy atom. The van der Waals surface area contributed by atoms with Crippen molar-refractivity contribution in [2.45, 2.75) is 52.5 Å². The van der Waals surface area contributed by atoms with E-state index in [1.807, 2.05) is 44.4 Å². The number of aromatic nitrogens is 3. The van der Waals surface area contributed by atoms with Gasteiger partial charge >= 0.3 is 5.97 Å². The number of carbonyl (C=O) groups excluding carboxylic acids is 1. The van der Waals surface area contributed by atoms with Gasteiger partial charge in [0.1, 0.15) is 17.1 Å². The summed E-state index contributed by atoms with van der Waals surface area (Å²) in [6.45, 7) is 13.3. The number of carboxylic acid groups (broad SMARTS) is 1. The molecule has 210 valence electrons. The quantitative estimate of drug-likeness (QED) is 0.462. The van der Waals surface area contributed by atoms with Crippen LogP contribution in [-0.4, -0.2) is 68.6 Å². The average molecular weight is 567 g/mol. The fourth-order valence-electron chi connectivity index (χ4n) is 5.75. The predicted octanol–water partition coefficient (Wildman–Crippen LogP) is 5.15. The van der Waals surface area contributed by atoms with E-state index in [4.69, 9.17) is 16.6 Å². The van der Waals surface area contributed by atoms with Crippen molar-refractivity contribution >= 4 is 40.7 Å². The number of benzene rings is 1. The maximum Gasteiger partial charge on any atom is 0.339 e. The van der Waals surface area contributed by atoms with Gasteiger partial charge in [0.05, 0.1) is 33.8 Å². The van der Waals surface area contributed by atoms with Crippen LogP contribution in [0.25, 0.3) is 0 Å². The van der Waals surface area contributed by atoms with Gasteiger partial charge in [-0.25, -0.2) is 19.2 Å². The van der Waals surface area contributed by atoms with E-state index < -0.39 is 22.7 Å². The summed E-state index contributed by atoms with van der Waals surface area (Å²) >= 11 is 5.88. The van der Waals surface area contributed by atoms with Crippen LogP contribution in [0.2, 0.25) is 5.02 Å². The lowest BCUT2D eigenvalue weighted by Crippen LogP contribution is -2.61. The number of nitrogens with zero attached hydrogens (tertiary/aromatic N) is 6. The maximum absolute atomic E-state index is 14.2. The molecule has 0 unspecified atom stereocenters. The highest BCUT2D eigenvalue weighted by atomic mass is 35.5. The van der Waals surface area contributed by atoms with Crippen LogP contribution >= 0.6 is 11.6 Å². The molecule has 5 rings (SSSR count). The molecule has 1 fully saturated rings. The van der Waals surface area contributed by atoms with Crippen LogP contribution in [0.5, 0.6) is 0 Å². The Labute approximate surface area is 237 Å². The monoisotopic (exact) mass is 566 g/mol. The molecule has 40 heavy (non-hydrogen) atoms. The van der Waals surface area contributed by atoms with Crippen LogP contribution in [0, 0.1) is 19.7 Å². The van der Waals surface area contributed by atoms with Crippen LogP contribution in [0.4, 0.5) is 21.6 Å². The number of hydrogen-bond acceptors (Lipinski definition) is 7. The minimum Gasteiger partial charge on any atom is -0.478 e. The zero-order valence-corrected chi connectivity index (χ0v) is 24.2. The summed E-state index contributed by atoms with van der Waals surface area (Å²) in [6.07, 6.45) is 1.47. The molecule has 1 aromatic carbocycles. The molecule has 4 heterocycles. The summed E-state index contributed by atoms with van der Waals surface area (Å²) in [6, 6.07) is 6.41. The molecule has 1 N–H and O–H groups in total. The van der Waals surface area contributed by atoms with Gasteiger partial charge in [0.2, 0.25) is 0 Å². The first-order chi connectivity index (χ1) is 18.7. The minimum atomic E-state index is -1.03. The number of rotatable bonds is 4. The molecule has 2 aromatic heterocycles. The molecule has 2 aliphatic heterocycles. The van der Waals surface area contributed by atoms with Gasteiger partial charge in [-0.15, -0.1) is 0 Å². The van der Waals surface area contributed by atoms with Crippen LogP contribution in [-0.2, 0) is 5.41 Å². The van der Waals surface area contributed by atoms with Crippen molar-refractivity contribution in [1.29, 1.82) is 0 Å². The number of anilines is 3. The second-order valence-corrected chi connectivity index (χ2v) is 12.1. The van der Waals surface area contributed by atoms with Gasteiger partial charge < -0.3 is 19.8 Å². The standard InChI is InChI=1S/C29H32ClFN6O3/c1-16-11-22(23(27(39)40)17(2)33-16)35-9-10-37(29(5,6)15-35)26(38)21-13-32-25-24(34-21)28(3,4)14-36(25)18-7-8-19(30)20(31)12-18/h7-8,11-13H,9-10,14-15H2,1-6H3,(H,39,40). The number of carboxylic acids is 1. The largest absolute Gasteiger partial charge is 0.478 e. The van der Waals surface area contributed by atoms with Gasteiger partial charge in [0.25, 0.3) is 5.91 Å². The van der Waals surface area contributed by atoms with Crippen LogP contribution < -0.4 is 9.80 Å². The number of halogens is 2. The summed E-state index contributed by atoms with van der Waals surface area (Å²) < 4.78 is 14.2. The summed E-state index contributed by atoms with van der Waals surface area (Å²) in [4.78, 5) is 45.2. The molecule has 9 nitrogen and oxygen atoms in total. The number of pyridine rings is 1. The normalized spacial score (nSPS) is 17.6. The van der Waals surface area contributed by atoms with Gasteiger partial charge in [-0.2, -0.15) is 0 Å². The van der Waals surface area contributed by atoms with Crippen molar-refractivity contribution in [1.82, 2.24) is 19.9 Å². The van der Waals surface area contributed by atoms with Crippen LogP contribution in [0.1, 0.15) is 65.6 Å². The molecule has 2 aliphatic rings. The number of fused-ring (bicyclic) bond motifs is 1. The first kappa shape index (κ1) is 27.8. The summed E-state index contributed by atoms with van der Waals surface area (Å²) in [7, 11) is 0. The Bertz CT molecular complexity index is 1540. The first-order valence-corrected chi connectivity index (χ1v) is 13.5. The maximum atomic E-state index is 14.2. The Balaban J connectivity index is 1.42. The highest BCUT2D eigenvalue weighted by Gasteiger charge is 2.42. The van der Waals surface area contributed by atoms with Gasteiger partial charge in [0, 0.05) is 43.0 Å². The Kier molecular flexibility index (Phi) is 6.73. The third kappa shape index (κ3) is 4.74. The van der Waals surface area contributed by atoms with E-state index in [0.717, 1.165) is 5.69 Å². The fourth-order valence-corrected chi connectivity index (χ4v) is 5.86. The molecule has 11 heteroatoms. The zero-order chi connectivity index (χ0) is 29.1. The van der Waals surface area contributed by atoms with E-state index in [-0.39, 0.29) is 22.2 Å². The van der Waals surface area contributed by atoms with Gasteiger partial charge in [-0.05, 0) is 52.0 Å². The van der Waals surface area contributed by atoms with Crippen molar-refractivity contribution in [2.75, 3.05) is 36.0 Å². The van der Waals surface area contributed by atoms with Crippen molar-refractivity contribution in [3.8, 4) is 0 Å². The number of aromatic carboxylic acids is 1. The Hall–Kier alpha value is -3.79. The van der Waals surface area contributed by atoms with Crippen LogP contribution in [0.15, 0.2) is 30.5 Å². The second kappa shape index (κ2) is 9.69. The molecule has 0 aliphatic carbocycles. The molecule has 0 atom stereocenters. The molecule has 0 radical (unpaired) electrons. The van der Waals surface area contributed by atoms with Crippen molar-refractivity contribution in [2.24, 2.45) is 0 Å². The van der Waals surface area contributed by atoms with Crippen LogP contribution in [0.3, 0.4) is 0 Å². The number of piperazine rings is 1. The van der Waals surface area contributed by atoms with Gasteiger partial charge in [-0.3, -0.25) is 9.78 Å². The molecule has 0 saturated carbocycles. The van der Waals surface area contributed by atoms with Crippen molar-refractivity contribution in [3.63, 3.8) is 0 Å². The van der Waals surface area contributed by atoms with Gasteiger partial charge in [0.15, 0.2) is 5.82 Å². The molecule has 1 amide bonds. The number of amides is 1. The van der Waals surface area contributed by atoms with E-state index in [2.05, 4.69) is 9.97 Å². The van der Waals surface area contributed by atoms with E-state index >= 15 is 0 Å². The van der Waals surface area contributed by atoms with Crippen molar-refractivity contribution < 1.29 is 19.1 Å². The van der Waals surface area contributed by atoms with E-state index in [0.29, 0.717) is 54.8 Å². The lowest BCUT2D eigenvalue weighted by atomic mass is 9.92. The lowest BCUT2D eigenvalue weighted by Gasteiger charge is -2.48. The molecule has 1 saturated heterocycles.